The molecule has 10 aliphatic rings. The van der Waals surface area contributed by atoms with Gasteiger partial charge in [-0.1, -0.05) is 81.1 Å². The van der Waals surface area contributed by atoms with E-state index < -0.39 is 0 Å². The summed E-state index contributed by atoms with van der Waals surface area (Å²) in [6.45, 7) is 82.7. The summed E-state index contributed by atoms with van der Waals surface area (Å²) in [5.74, 6) is 5.64. The highest BCUT2D eigenvalue weighted by Gasteiger charge is 2.45. The van der Waals surface area contributed by atoms with Crippen molar-refractivity contribution in [2.24, 2.45) is 35.5 Å². The molecular formula is C85H177N13. The van der Waals surface area contributed by atoms with Crippen molar-refractivity contribution in [1.82, 2.24) is 64.9 Å². The Labute approximate surface area is 614 Å². The second kappa shape index (κ2) is 45.2. The van der Waals surface area contributed by atoms with Crippen molar-refractivity contribution in [3.8, 4) is 0 Å². The van der Waals surface area contributed by atoms with E-state index in [-0.39, 0.29) is 0 Å². The van der Waals surface area contributed by atoms with Gasteiger partial charge in [0.2, 0.25) is 0 Å². The highest BCUT2D eigenvalue weighted by atomic mass is 15.4. The minimum Gasteiger partial charge on any atom is -0.312 e. The third-order valence-corrected chi connectivity index (χ3v) is 25.3. The molecule has 3 aliphatic carbocycles. The van der Waals surface area contributed by atoms with Gasteiger partial charge in [0.25, 0.3) is 0 Å². The second-order valence-electron chi connectivity index (χ2n) is 37.7. The molecule has 13 heteroatoms. The summed E-state index contributed by atoms with van der Waals surface area (Å²) in [6.07, 6.45) is 20.9. The lowest BCUT2D eigenvalue weighted by atomic mass is 9.79. The largest absolute Gasteiger partial charge is 0.312 e. The zero-order chi connectivity index (χ0) is 73.4. The van der Waals surface area contributed by atoms with Crippen molar-refractivity contribution in [1.29, 1.82) is 0 Å². The Kier molecular flexibility index (Phi) is 41.5. The molecule has 4 unspecified atom stereocenters. The Balaban J connectivity index is 0.000000243. The molecule has 0 radical (unpaired) electrons. The number of likely N-dealkylation sites (N-methyl/N-ethyl adjacent to an activating group) is 2. The van der Waals surface area contributed by atoms with E-state index >= 15 is 0 Å². The van der Waals surface area contributed by atoms with Crippen LogP contribution in [-0.2, 0) is 0 Å². The molecule has 0 spiro atoms. The molecule has 8 atom stereocenters. The van der Waals surface area contributed by atoms with Gasteiger partial charge in [0.05, 0.1) is 0 Å². The molecule has 13 nitrogen and oxygen atoms in total. The summed E-state index contributed by atoms with van der Waals surface area (Å²) >= 11 is 0. The zero-order valence-corrected chi connectivity index (χ0v) is 71.5. The van der Waals surface area contributed by atoms with Crippen LogP contribution in [0.2, 0.25) is 0 Å². The molecule has 7 aliphatic heterocycles. The van der Waals surface area contributed by atoms with E-state index in [1.165, 1.54) is 188 Å². The first kappa shape index (κ1) is 89.9. The van der Waals surface area contributed by atoms with Gasteiger partial charge in [-0.25, -0.2) is 0 Å². The van der Waals surface area contributed by atoms with Gasteiger partial charge in [-0.2, -0.15) is 0 Å². The lowest BCUT2D eigenvalue weighted by Crippen LogP contribution is -2.54. The molecule has 10 rings (SSSR count). The first-order valence-electron chi connectivity index (χ1n) is 42.6. The standard InChI is InChI=1S/C14H30N2.C13H26N2.C13H27N.C12H24N2.C12H26N2.C11H22N2.C10H22N2/c1-11(2)15(5)13-9-7-8-10-14(13)16(6)12(3)4;1-10(2)14-6-5-12-7-15(11(3)4)9-13(12)8-14;1-10(2)9-12-7-5-6-8-13(12)14-11(3)4;1-9(2)13-5-11-7-14(10(3)4)8-12(11)6-13;1-9(2)13-11-5-7-12(8-6-11)14-10(3)4;1-8(2)12-6-11-5-10(12)7-13(11)9(3)4;1-9(2)11-5-7-12(8-6-11)10(3)4/h11-14H,7-10H2,1-6H3;10-13H,5-9H2,1-4H3;10-14H,5-9H2,1-4H3;9-12H,5-8H2,1-4H3;9-14H,5-8H2,1-4H3;8-11H,5-7H2,1-4H3;9-10H,5-8H2,1-4H3/t13-,14-;;12-,13+;;;;/m1.1..../s1. The minimum atomic E-state index is 0.634. The number of piperazine rings is 2. The van der Waals surface area contributed by atoms with Crippen molar-refractivity contribution in [3.05, 3.63) is 0 Å². The van der Waals surface area contributed by atoms with Gasteiger partial charge in [0.1, 0.15) is 0 Å². The molecule has 7 heterocycles. The molecule has 582 valence electrons. The van der Waals surface area contributed by atoms with Crippen molar-refractivity contribution in [3.63, 3.8) is 0 Å². The van der Waals surface area contributed by atoms with Crippen molar-refractivity contribution in [2.45, 2.75) is 411 Å². The van der Waals surface area contributed by atoms with Crippen LogP contribution in [0.4, 0.5) is 0 Å². The summed E-state index contributed by atoms with van der Waals surface area (Å²) < 4.78 is 0. The fourth-order valence-electron chi connectivity index (χ4n) is 18.7. The third kappa shape index (κ3) is 30.8. The van der Waals surface area contributed by atoms with E-state index in [1.54, 1.807) is 0 Å². The Morgan fingerprint density at radius 2 is 0.622 bits per heavy atom. The molecule has 98 heavy (non-hydrogen) atoms. The smallest absolute Gasteiger partial charge is 0.0251 e. The summed E-state index contributed by atoms with van der Waals surface area (Å²) in [5.41, 5.74) is 0. The number of nitrogens with zero attached hydrogens (tertiary/aromatic N) is 10. The highest BCUT2D eigenvalue weighted by Crippen LogP contribution is 2.36. The van der Waals surface area contributed by atoms with Gasteiger partial charge in [0, 0.05) is 206 Å². The topological polar surface area (TPSA) is 68.5 Å². The summed E-state index contributed by atoms with van der Waals surface area (Å²) in [4.78, 5) is 26.2. The number of rotatable bonds is 20. The van der Waals surface area contributed by atoms with Crippen LogP contribution in [-0.4, -0.2) is 276 Å². The van der Waals surface area contributed by atoms with E-state index in [0.29, 0.717) is 30.2 Å². The highest BCUT2D eigenvalue weighted by molar-refractivity contribution is 5.02. The number of hydrogen-bond donors (Lipinski definition) is 3. The quantitative estimate of drug-likeness (QED) is 0.109. The van der Waals surface area contributed by atoms with E-state index in [9.17, 15) is 0 Å². The van der Waals surface area contributed by atoms with Crippen LogP contribution in [0.5, 0.6) is 0 Å². The van der Waals surface area contributed by atoms with Crippen molar-refractivity contribution >= 4 is 0 Å². The monoisotopic (exact) mass is 1380 g/mol. The predicted molar refractivity (Wildman–Crippen MR) is 433 cm³/mol. The number of piperidine rings is 1. The summed E-state index contributed by atoms with van der Waals surface area (Å²) in [6, 6.07) is 14.7. The lowest BCUT2D eigenvalue weighted by Gasteiger charge is -2.45. The van der Waals surface area contributed by atoms with Crippen molar-refractivity contribution in [2.75, 3.05) is 106 Å². The maximum atomic E-state index is 3.74. The van der Waals surface area contributed by atoms with Crippen LogP contribution in [0.25, 0.3) is 0 Å². The predicted octanol–water partition coefficient (Wildman–Crippen LogP) is 15.6. The molecule has 0 aromatic heterocycles. The van der Waals surface area contributed by atoms with E-state index in [0.717, 1.165) is 126 Å². The number of nitrogens with one attached hydrogen (secondary N) is 3. The first-order chi connectivity index (χ1) is 46.0. The second-order valence-corrected chi connectivity index (χ2v) is 37.7. The Morgan fingerprint density at radius 3 is 0.929 bits per heavy atom. The first-order valence-corrected chi connectivity index (χ1v) is 42.6. The molecule has 3 saturated carbocycles. The minimum absolute atomic E-state index is 0.634. The van der Waals surface area contributed by atoms with Crippen molar-refractivity contribution < 1.29 is 0 Å². The van der Waals surface area contributed by atoms with E-state index in [4.69, 9.17) is 0 Å². The van der Waals surface area contributed by atoms with Crippen LogP contribution >= 0.6 is 0 Å². The lowest BCUT2D eigenvalue weighted by molar-refractivity contribution is 0.0460. The van der Waals surface area contributed by atoms with Crippen LogP contribution < -0.4 is 16.0 Å². The van der Waals surface area contributed by atoms with Crippen LogP contribution in [0.1, 0.15) is 290 Å². The summed E-state index contributed by atoms with van der Waals surface area (Å²) in [7, 11) is 4.59. The molecule has 3 N–H and O–H groups in total. The number of hydrogen-bond acceptors (Lipinski definition) is 13. The SMILES string of the molecule is CC(C)C[C@H]1CCCC[C@@H]1NC(C)C.CC(C)N(C)[C@@H]1CCCC[C@H]1N(C)C(C)C.CC(C)N1CC2CC1CN2C(C)C.CC(C)N1CC2CN(C(C)C)CC2C1.CC(C)N1CCC2CN(C(C)C)CC2C1.CC(C)N1CCN(C(C)C)CC1.CC(C)NC1CCC(NC(C)C)CC1. The number of fused-ring (bicyclic) bond motifs is 4. The Morgan fingerprint density at radius 1 is 0.306 bits per heavy atom. The maximum absolute atomic E-state index is 3.74. The third-order valence-electron chi connectivity index (χ3n) is 25.3. The molecule has 7 saturated heterocycles. The van der Waals surface area contributed by atoms with Gasteiger partial charge in [-0.3, -0.25) is 29.4 Å². The van der Waals surface area contributed by atoms with Gasteiger partial charge in [-0.15, -0.1) is 0 Å². The average molecular weight is 1380 g/mol. The molecule has 2 bridgehead atoms. The van der Waals surface area contributed by atoms with E-state index in [1.807, 2.05) is 0 Å². The molecule has 10 fully saturated rings. The van der Waals surface area contributed by atoms with Crippen LogP contribution in [0.3, 0.4) is 0 Å². The van der Waals surface area contributed by atoms with Crippen LogP contribution in [0, 0.1) is 35.5 Å². The average Bonchev–Trinajstić information content (AvgIpc) is 1.58. The van der Waals surface area contributed by atoms with Gasteiger partial charge < -0.3 is 35.6 Å². The van der Waals surface area contributed by atoms with E-state index in [2.05, 4.69) is 273 Å². The number of likely N-dealkylation sites (tertiary alicyclic amines) is 6. The zero-order valence-electron chi connectivity index (χ0n) is 71.5. The Bertz CT molecular complexity index is 1870. The van der Waals surface area contributed by atoms with Crippen LogP contribution in [0.15, 0.2) is 0 Å². The molecule has 0 aromatic rings. The fraction of sp³-hybridized carbons (Fsp3) is 1.00. The normalized spacial score (nSPS) is 30.3. The maximum Gasteiger partial charge on any atom is 0.0251 e. The fourth-order valence-corrected chi connectivity index (χ4v) is 18.7. The molecule has 0 aromatic carbocycles. The van der Waals surface area contributed by atoms with Gasteiger partial charge in [0.15, 0.2) is 0 Å². The summed E-state index contributed by atoms with van der Waals surface area (Å²) in [5, 5.41) is 11.0. The molecular weight excluding hydrogens is 1200 g/mol. The van der Waals surface area contributed by atoms with Gasteiger partial charge in [-0.05, 0) is 265 Å². The molecule has 0 amide bonds. The Hall–Kier alpha value is -0.520. The van der Waals surface area contributed by atoms with Gasteiger partial charge >= 0.3 is 0 Å².